The Morgan fingerprint density at radius 2 is 2.33 bits per heavy atom. The van der Waals surface area contributed by atoms with E-state index in [4.69, 9.17) is 4.74 Å². The first-order valence-electron chi connectivity index (χ1n) is 3.77. The van der Waals surface area contributed by atoms with Crippen LogP contribution < -0.4 is 0 Å². The van der Waals surface area contributed by atoms with Crippen molar-refractivity contribution < 1.29 is 9.53 Å². The molecule has 1 rings (SSSR count). The molecule has 0 aliphatic carbocycles. The van der Waals surface area contributed by atoms with E-state index in [9.17, 15) is 4.79 Å². The highest BCUT2D eigenvalue weighted by molar-refractivity contribution is 7.05. The van der Waals surface area contributed by atoms with Gasteiger partial charge in [0, 0.05) is 0 Å². The lowest BCUT2D eigenvalue weighted by Gasteiger charge is -1.97. The number of aromatic nitrogens is 2. The molecule has 0 amide bonds. The summed E-state index contributed by atoms with van der Waals surface area (Å²) in [4.78, 5) is 12.1. The molecular formula is C7H10N2O2S. The summed E-state index contributed by atoms with van der Waals surface area (Å²) in [5.74, 6) is -0.372. The Morgan fingerprint density at radius 3 is 2.92 bits per heavy atom. The van der Waals surface area contributed by atoms with Gasteiger partial charge < -0.3 is 4.74 Å². The molecule has 1 aromatic heterocycles. The zero-order valence-corrected chi connectivity index (χ0v) is 7.85. The Bertz CT molecular complexity index is 272. The van der Waals surface area contributed by atoms with Crippen LogP contribution in [0.4, 0.5) is 0 Å². The SMILES string of the molecule is CCOC(=O)c1nnsc1CC. The average molecular weight is 186 g/mol. The molecule has 1 heterocycles. The van der Waals surface area contributed by atoms with Crippen LogP contribution in [0.5, 0.6) is 0 Å². The van der Waals surface area contributed by atoms with Crippen molar-refractivity contribution in [3.8, 4) is 0 Å². The van der Waals surface area contributed by atoms with E-state index in [0.29, 0.717) is 12.3 Å². The van der Waals surface area contributed by atoms with Crippen LogP contribution in [0.3, 0.4) is 0 Å². The molecule has 1 aromatic rings. The summed E-state index contributed by atoms with van der Waals surface area (Å²) < 4.78 is 8.48. The Kier molecular flexibility index (Phi) is 3.16. The second-order valence-electron chi connectivity index (χ2n) is 2.12. The lowest BCUT2D eigenvalue weighted by atomic mass is 10.3. The second kappa shape index (κ2) is 4.15. The molecule has 12 heavy (non-hydrogen) atoms. The first-order valence-corrected chi connectivity index (χ1v) is 4.55. The highest BCUT2D eigenvalue weighted by Gasteiger charge is 2.15. The summed E-state index contributed by atoms with van der Waals surface area (Å²) in [7, 11) is 0. The van der Waals surface area contributed by atoms with E-state index in [2.05, 4.69) is 9.59 Å². The van der Waals surface area contributed by atoms with E-state index in [1.807, 2.05) is 6.92 Å². The van der Waals surface area contributed by atoms with Gasteiger partial charge in [-0.15, -0.1) is 5.10 Å². The van der Waals surface area contributed by atoms with Gasteiger partial charge in [-0.3, -0.25) is 0 Å². The van der Waals surface area contributed by atoms with Crippen LogP contribution in [-0.2, 0) is 11.2 Å². The van der Waals surface area contributed by atoms with Gasteiger partial charge >= 0.3 is 5.97 Å². The Balaban J connectivity index is 2.79. The number of hydrogen-bond donors (Lipinski definition) is 0. The molecule has 5 heteroatoms. The molecule has 0 unspecified atom stereocenters. The lowest BCUT2D eigenvalue weighted by Crippen LogP contribution is -2.07. The van der Waals surface area contributed by atoms with E-state index < -0.39 is 0 Å². The van der Waals surface area contributed by atoms with Gasteiger partial charge in [-0.05, 0) is 24.9 Å². The van der Waals surface area contributed by atoms with Crippen LogP contribution in [0.2, 0.25) is 0 Å². The molecule has 0 N–H and O–H groups in total. The maximum absolute atomic E-state index is 11.2. The average Bonchev–Trinajstić information content (AvgIpc) is 2.51. The lowest BCUT2D eigenvalue weighted by molar-refractivity contribution is 0.0518. The fourth-order valence-corrected chi connectivity index (χ4v) is 1.36. The third-order valence-electron chi connectivity index (χ3n) is 1.35. The van der Waals surface area contributed by atoms with Crippen molar-refractivity contribution in [2.45, 2.75) is 20.3 Å². The van der Waals surface area contributed by atoms with E-state index >= 15 is 0 Å². The molecule has 66 valence electrons. The molecule has 0 radical (unpaired) electrons. The molecular weight excluding hydrogens is 176 g/mol. The van der Waals surface area contributed by atoms with Gasteiger partial charge in [0.2, 0.25) is 0 Å². The van der Waals surface area contributed by atoms with Crippen LogP contribution in [0.15, 0.2) is 0 Å². The van der Waals surface area contributed by atoms with E-state index in [0.717, 1.165) is 11.3 Å². The van der Waals surface area contributed by atoms with Gasteiger partial charge in [-0.2, -0.15) is 0 Å². The fourth-order valence-electron chi connectivity index (χ4n) is 0.796. The van der Waals surface area contributed by atoms with E-state index in [-0.39, 0.29) is 5.97 Å². The molecule has 0 fully saturated rings. The largest absolute Gasteiger partial charge is 0.461 e. The van der Waals surface area contributed by atoms with Crippen molar-refractivity contribution in [1.29, 1.82) is 0 Å². The minimum absolute atomic E-state index is 0.365. The van der Waals surface area contributed by atoms with Crippen molar-refractivity contribution in [3.63, 3.8) is 0 Å². The summed E-state index contributed by atoms with van der Waals surface area (Å²) in [6.45, 7) is 4.10. The molecule has 0 atom stereocenters. The molecule has 0 saturated carbocycles. The maximum atomic E-state index is 11.2. The smallest absolute Gasteiger partial charge is 0.360 e. The predicted octanol–water partition coefficient (Wildman–Crippen LogP) is 1.28. The predicted molar refractivity (Wildman–Crippen MR) is 45.2 cm³/mol. The zero-order valence-electron chi connectivity index (χ0n) is 7.03. The van der Waals surface area contributed by atoms with Gasteiger partial charge in [0.1, 0.15) is 0 Å². The molecule has 0 aliphatic heterocycles. The number of nitrogens with zero attached hydrogens (tertiary/aromatic N) is 2. The Labute approximate surface area is 74.7 Å². The third-order valence-corrected chi connectivity index (χ3v) is 2.21. The first kappa shape index (κ1) is 9.12. The summed E-state index contributed by atoms with van der Waals surface area (Å²) in [6, 6.07) is 0. The summed E-state index contributed by atoms with van der Waals surface area (Å²) in [5, 5.41) is 3.70. The Hall–Kier alpha value is -0.970. The normalized spacial score (nSPS) is 9.83. The van der Waals surface area contributed by atoms with Crippen molar-refractivity contribution in [3.05, 3.63) is 10.6 Å². The minimum Gasteiger partial charge on any atom is -0.461 e. The van der Waals surface area contributed by atoms with Gasteiger partial charge in [0.25, 0.3) is 0 Å². The third kappa shape index (κ3) is 1.79. The van der Waals surface area contributed by atoms with Gasteiger partial charge in [-0.1, -0.05) is 11.4 Å². The van der Waals surface area contributed by atoms with Crippen LogP contribution in [0.25, 0.3) is 0 Å². The Morgan fingerprint density at radius 1 is 1.58 bits per heavy atom. The summed E-state index contributed by atoms with van der Waals surface area (Å²) >= 11 is 1.24. The van der Waals surface area contributed by atoms with Gasteiger partial charge in [0.15, 0.2) is 5.69 Å². The molecule has 0 spiro atoms. The standard InChI is InChI=1S/C7H10N2O2S/c1-3-5-6(8-9-12-5)7(10)11-4-2/h3-4H2,1-2H3. The van der Waals surface area contributed by atoms with Crippen LogP contribution in [0, 0.1) is 0 Å². The number of carbonyl (C=O) groups excluding carboxylic acids is 1. The van der Waals surface area contributed by atoms with Crippen molar-refractivity contribution in [1.82, 2.24) is 9.59 Å². The van der Waals surface area contributed by atoms with Crippen molar-refractivity contribution in [2.24, 2.45) is 0 Å². The molecule has 0 saturated heterocycles. The number of hydrogen-bond acceptors (Lipinski definition) is 5. The molecule has 0 aliphatic rings. The van der Waals surface area contributed by atoms with Crippen molar-refractivity contribution in [2.75, 3.05) is 6.61 Å². The first-order chi connectivity index (χ1) is 5.79. The van der Waals surface area contributed by atoms with Gasteiger partial charge in [-0.25, -0.2) is 4.79 Å². The van der Waals surface area contributed by atoms with Crippen LogP contribution >= 0.6 is 11.5 Å². The van der Waals surface area contributed by atoms with Crippen LogP contribution in [-0.4, -0.2) is 22.2 Å². The number of aryl methyl sites for hydroxylation is 1. The van der Waals surface area contributed by atoms with Crippen molar-refractivity contribution >= 4 is 17.5 Å². The van der Waals surface area contributed by atoms with E-state index in [1.165, 1.54) is 11.5 Å². The zero-order chi connectivity index (χ0) is 8.97. The number of rotatable bonds is 3. The summed E-state index contributed by atoms with van der Waals surface area (Å²) in [5.41, 5.74) is 0.365. The maximum Gasteiger partial charge on any atom is 0.360 e. The quantitative estimate of drug-likeness (QED) is 0.667. The molecule has 0 aromatic carbocycles. The number of carbonyl (C=O) groups is 1. The van der Waals surface area contributed by atoms with Gasteiger partial charge in [0.05, 0.1) is 11.5 Å². The fraction of sp³-hybridized carbons (Fsp3) is 0.571. The monoisotopic (exact) mass is 186 g/mol. The number of ether oxygens (including phenoxy) is 1. The molecule has 0 bridgehead atoms. The highest BCUT2D eigenvalue weighted by Crippen LogP contribution is 2.11. The second-order valence-corrected chi connectivity index (χ2v) is 2.96. The highest BCUT2D eigenvalue weighted by atomic mass is 32.1. The summed E-state index contributed by atoms with van der Waals surface area (Å²) in [6.07, 6.45) is 0.770. The topological polar surface area (TPSA) is 52.1 Å². The minimum atomic E-state index is -0.372. The molecule has 4 nitrogen and oxygen atoms in total. The number of esters is 1. The van der Waals surface area contributed by atoms with Crippen LogP contribution in [0.1, 0.15) is 29.2 Å². The van der Waals surface area contributed by atoms with E-state index in [1.54, 1.807) is 6.92 Å².